The topological polar surface area (TPSA) is 109 Å². The van der Waals surface area contributed by atoms with Gasteiger partial charge in [-0.25, -0.2) is 0 Å². The number of rotatable bonds is 8. The minimum absolute atomic E-state index is 0.0990. The van der Waals surface area contributed by atoms with E-state index in [1.54, 1.807) is 30.3 Å². The Morgan fingerprint density at radius 3 is 2.50 bits per heavy atom. The van der Waals surface area contributed by atoms with Gasteiger partial charge in [-0.3, -0.25) is 19.3 Å². The smallest absolute Gasteiger partial charge is 0.294 e. The number of nitrogens with one attached hydrogen (secondary N) is 1. The Morgan fingerprint density at radius 2 is 1.82 bits per heavy atom. The molecular weight excluding hydrogens is 550 g/mol. The number of aryl methyl sites for hydroxylation is 3. The van der Waals surface area contributed by atoms with E-state index < -0.39 is 23.6 Å². The van der Waals surface area contributed by atoms with Crippen molar-refractivity contribution in [3.8, 4) is 17.6 Å². The van der Waals surface area contributed by atoms with E-state index >= 15 is 0 Å². The van der Waals surface area contributed by atoms with Crippen molar-refractivity contribution in [3.63, 3.8) is 0 Å². The third-order valence-corrected chi connectivity index (χ3v) is 7.36. The van der Waals surface area contributed by atoms with Gasteiger partial charge in [0, 0.05) is 11.3 Å². The second-order valence-corrected chi connectivity index (χ2v) is 10.6. The number of nitrogens with zero attached hydrogens (tertiary/aromatic N) is 2. The molecule has 4 rings (SSSR count). The minimum Gasteiger partial charge on any atom is -0.493 e. The second kappa shape index (κ2) is 12.3. The van der Waals surface area contributed by atoms with E-state index in [4.69, 9.17) is 21.1 Å². The molecule has 0 unspecified atom stereocenters. The summed E-state index contributed by atoms with van der Waals surface area (Å²) in [6.45, 7) is 5.44. The standard InChI is InChI=1S/C30H26ClN3O5S/c1-17-9-18(2)27(19(3)10-17)33-26(35)15-34-29(36)25(40-30(34)37)13-20-11-23(31)28(24(12-20)38-4)39-16-22-8-6-5-7-21(22)14-32/h5-13H,15-16H2,1-4H3,(H,33,35)/b25-13-. The number of hydrogen-bond acceptors (Lipinski definition) is 7. The van der Waals surface area contributed by atoms with E-state index in [-0.39, 0.29) is 22.3 Å². The maximum absolute atomic E-state index is 13.0. The summed E-state index contributed by atoms with van der Waals surface area (Å²) in [6, 6.07) is 16.3. The molecular formula is C30H26ClN3O5S. The lowest BCUT2D eigenvalue weighted by atomic mass is 10.1. The fourth-order valence-electron chi connectivity index (χ4n) is 4.36. The van der Waals surface area contributed by atoms with Gasteiger partial charge < -0.3 is 14.8 Å². The normalized spacial score (nSPS) is 13.9. The average Bonchev–Trinajstić information content (AvgIpc) is 3.17. The van der Waals surface area contributed by atoms with E-state index in [9.17, 15) is 19.6 Å². The quantitative estimate of drug-likeness (QED) is 0.310. The molecule has 3 aromatic carbocycles. The minimum atomic E-state index is -0.578. The first-order valence-electron chi connectivity index (χ1n) is 12.2. The number of hydrogen-bond donors (Lipinski definition) is 1. The van der Waals surface area contributed by atoms with E-state index in [0.29, 0.717) is 28.1 Å². The predicted molar refractivity (Wildman–Crippen MR) is 155 cm³/mol. The highest BCUT2D eigenvalue weighted by Crippen LogP contribution is 2.39. The van der Waals surface area contributed by atoms with Gasteiger partial charge in [0.05, 0.1) is 28.7 Å². The maximum Gasteiger partial charge on any atom is 0.294 e. The molecule has 1 N–H and O–H groups in total. The summed E-state index contributed by atoms with van der Waals surface area (Å²) in [4.78, 5) is 39.4. The van der Waals surface area contributed by atoms with Crippen molar-refractivity contribution in [1.29, 1.82) is 5.26 Å². The van der Waals surface area contributed by atoms with Crippen LogP contribution in [-0.4, -0.2) is 35.6 Å². The lowest BCUT2D eigenvalue weighted by Crippen LogP contribution is -2.36. The van der Waals surface area contributed by atoms with Gasteiger partial charge in [-0.15, -0.1) is 0 Å². The molecule has 1 aliphatic rings. The molecule has 1 heterocycles. The first kappa shape index (κ1) is 28.7. The second-order valence-electron chi connectivity index (χ2n) is 9.18. The molecule has 1 fully saturated rings. The number of methoxy groups -OCH3 is 1. The maximum atomic E-state index is 13.0. The first-order valence-corrected chi connectivity index (χ1v) is 13.4. The molecule has 0 aliphatic carbocycles. The number of amides is 3. The Hall–Kier alpha value is -4.26. The Morgan fingerprint density at radius 1 is 1.12 bits per heavy atom. The van der Waals surface area contributed by atoms with Gasteiger partial charge in [0.25, 0.3) is 11.1 Å². The number of halogens is 1. The van der Waals surface area contributed by atoms with Crippen molar-refractivity contribution in [3.05, 3.63) is 91.8 Å². The number of thioether (sulfide) groups is 1. The Bertz CT molecular complexity index is 1570. The molecule has 0 saturated carbocycles. The van der Waals surface area contributed by atoms with Gasteiger partial charge >= 0.3 is 0 Å². The van der Waals surface area contributed by atoms with Crippen molar-refractivity contribution < 1.29 is 23.9 Å². The summed E-state index contributed by atoms with van der Waals surface area (Å²) in [6.07, 6.45) is 1.51. The zero-order chi connectivity index (χ0) is 29.0. The van der Waals surface area contributed by atoms with Crippen molar-refractivity contribution in [1.82, 2.24) is 4.90 Å². The summed E-state index contributed by atoms with van der Waals surface area (Å²) in [5, 5.41) is 11.8. The van der Waals surface area contributed by atoms with Gasteiger partial charge in [-0.1, -0.05) is 47.5 Å². The Kier molecular flexibility index (Phi) is 8.83. The van der Waals surface area contributed by atoms with Crippen LogP contribution >= 0.6 is 23.4 Å². The highest BCUT2D eigenvalue weighted by molar-refractivity contribution is 8.18. The zero-order valence-electron chi connectivity index (χ0n) is 22.3. The van der Waals surface area contributed by atoms with Crippen LogP contribution in [0.25, 0.3) is 6.08 Å². The van der Waals surface area contributed by atoms with Crippen LogP contribution in [0.2, 0.25) is 5.02 Å². The number of nitriles is 1. The number of imide groups is 1. The molecule has 3 aromatic rings. The molecule has 0 atom stereocenters. The van der Waals surface area contributed by atoms with Gasteiger partial charge in [0.1, 0.15) is 13.2 Å². The lowest BCUT2D eigenvalue weighted by molar-refractivity contribution is -0.127. The van der Waals surface area contributed by atoms with E-state index in [1.807, 2.05) is 39.0 Å². The lowest BCUT2D eigenvalue weighted by Gasteiger charge is -2.16. The number of ether oxygens (including phenoxy) is 2. The molecule has 1 aliphatic heterocycles. The monoisotopic (exact) mass is 575 g/mol. The SMILES string of the molecule is COc1cc(/C=C2\SC(=O)N(CC(=O)Nc3c(C)cc(C)cc3C)C2=O)cc(Cl)c1OCc1ccccc1C#N. The zero-order valence-corrected chi connectivity index (χ0v) is 23.9. The molecule has 0 bridgehead atoms. The molecule has 40 heavy (non-hydrogen) atoms. The van der Waals surface area contributed by atoms with Crippen LogP contribution < -0.4 is 14.8 Å². The molecule has 204 valence electrons. The summed E-state index contributed by atoms with van der Waals surface area (Å²) in [7, 11) is 1.45. The Balaban J connectivity index is 1.49. The number of carbonyl (C=O) groups excluding carboxylic acids is 3. The molecule has 0 spiro atoms. The van der Waals surface area contributed by atoms with Crippen molar-refractivity contribution in [2.24, 2.45) is 0 Å². The fraction of sp³-hybridized carbons (Fsp3) is 0.200. The van der Waals surface area contributed by atoms with Crippen LogP contribution in [0.5, 0.6) is 11.5 Å². The summed E-state index contributed by atoms with van der Waals surface area (Å²) in [5.74, 6) is -0.454. The molecule has 8 nitrogen and oxygen atoms in total. The summed E-state index contributed by atoms with van der Waals surface area (Å²) < 4.78 is 11.3. The predicted octanol–water partition coefficient (Wildman–Crippen LogP) is 6.40. The third kappa shape index (κ3) is 6.30. The van der Waals surface area contributed by atoms with Gasteiger partial charge in [0.2, 0.25) is 5.91 Å². The van der Waals surface area contributed by atoms with Crippen LogP contribution in [0.3, 0.4) is 0 Å². The van der Waals surface area contributed by atoms with Gasteiger partial charge in [-0.2, -0.15) is 5.26 Å². The van der Waals surface area contributed by atoms with E-state index in [1.165, 1.54) is 13.2 Å². The summed E-state index contributed by atoms with van der Waals surface area (Å²) in [5.41, 5.74) is 5.22. The van der Waals surface area contributed by atoms with Crippen LogP contribution in [0, 0.1) is 32.1 Å². The largest absolute Gasteiger partial charge is 0.493 e. The number of carbonyl (C=O) groups is 3. The Labute approximate surface area is 241 Å². The van der Waals surface area contributed by atoms with Crippen molar-refractivity contribution >= 4 is 52.2 Å². The highest BCUT2D eigenvalue weighted by Gasteiger charge is 2.36. The number of anilines is 1. The van der Waals surface area contributed by atoms with Gasteiger partial charge in [0.15, 0.2) is 11.5 Å². The number of benzene rings is 3. The molecule has 0 aromatic heterocycles. The van der Waals surface area contributed by atoms with Crippen molar-refractivity contribution in [2.75, 3.05) is 19.0 Å². The fourth-order valence-corrected chi connectivity index (χ4v) is 5.47. The van der Waals surface area contributed by atoms with Crippen LogP contribution in [0.15, 0.2) is 53.4 Å². The highest BCUT2D eigenvalue weighted by atomic mass is 35.5. The first-order chi connectivity index (χ1) is 19.1. The van der Waals surface area contributed by atoms with Gasteiger partial charge in [-0.05, 0) is 73.5 Å². The average molecular weight is 576 g/mol. The van der Waals surface area contributed by atoms with Crippen LogP contribution in [-0.2, 0) is 16.2 Å². The molecule has 1 saturated heterocycles. The van der Waals surface area contributed by atoms with Crippen molar-refractivity contribution in [2.45, 2.75) is 27.4 Å². The molecule has 0 radical (unpaired) electrons. The van der Waals surface area contributed by atoms with E-state index in [2.05, 4.69) is 11.4 Å². The molecule has 3 amide bonds. The van der Waals surface area contributed by atoms with E-state index in [0.717, 1.165) is 33.4 Å². The third-order valence-electron chi connectivity index (χ3n) is 6.18. The van der Waals surface area contributed by atoms with Crippen LogP contribution in [0.4, 0.5) is 10.5 Å². The molecule has 10 heteroatoms. The van der Waals surface area contributed by atoms with Crippen LogP contribution in [0.1, 0.15) is 33.4 Å². The summed E-state index contributed by atoms with van der Waals surface area (Å²) >= 11 is 7.23.